The van der Waals surface area contributed by atoms with Crippen molar-refractivity contribution in [3.8, 4) is 0 Å². The summed E-state index contributed by atoms with van der Waals surface area (Å²) in [7, 11) is 0. The van der Waals surface area contributed by atoms with Crippen LogP contribution in [0.5, 0.6) is 0 Å². The first kappa shape index (κ1) is 21.7. The summed E-state index contributed by atoms with van der Waals surface area (Å²) < 4.78 is 16.1. The standard InChI is InChI=1S/C14H27N3O8/c1-8(19)17-11-13(22)12(21)9(7-18)25-14(11)24-5-4-23-3-2-16-10(20)6-15/h9,11-14,18,21-22H,2-7,15H2,1H3,(H,16,20)(H,17,19). The molecule has 1 fully saturated rings. The average molecular weight is 365 g/mol. The number of amides is 2. The summed E-state index contributed by atoms with van der Waals surface area (Å²) in [6.45, 7) is 1.47. The molecule has 0 radical (unpaired) electrons. The fourth-order valence-corrected chi connectivity index (χ4v) is 2.27. The van der Waals surface area contributed by atoms with E-state index >= 15 is 0 Å². The van der Waals surface area contributed by atoms with Gasteiger partial charge in [0.25, 0.3) is 0 Å². The highest BCUT2D eigenvalue weighted by Crippen LogP contribution is 2.22. The minimum atomic E-state index is -1.36. The van der Waals surface area contributed by atoms with Gasteiger partial charge in [-0.25, -0.2) is 0 Å². The molecule has 11 heteroatoms. The Morgan fingerprint density at radius 2 is 1.92 bits per heavy atom. The Hall–Kier alpha value is -1.34. The first-order valence-electron chi connectivity index (χ1n) is 7.96. The van der Waals surface area contributed by atoms with Crippen molar-refractivity contribution in [1.82, 2.24) is 10.6 Å². The molecule has 1 saturated heterocycles. The van der Waals surface area contributed by atoms with Crippen molar-refractivity contribution >= 4 is 11.8 Å². The van der Waals surface area contributed by atoms with Crippen LogP contribution in [0.15, 0.2) is 0 Å². The Labute approximate surface area is 145 Å². The summed E-state index contributed by atoms with van der Waals surface area (Å²) in [5.41, 5.74) is 5.14. The maximum atomic E-state index is 11.3. The highest BCUT2D eigenvalue weighted by atomic mass is 16.7. The zero-order chi connectivity index (χ0) is 18.8. The third-order valence-electron chi connectivity index (χ3n) is 3.51. The summed E-state index contributed by atoms with van der Waals surface area (Å²) in [6, 6.07) is -0.987. The van der Waals surface area contributed by atoms with Gasteiger partial charge in [-0.2, -0.15) is 0 Å². The van der Waals surface area contributed by atoms with Gasteiger partial charge in [-0.1, -0.05) is 0 Å². The highest BCUT2D eigenvalue weighted by molar-refractivity contribution is 5.77. The number of aliphatic hydroxyl groups is 3. The van der Waals surface area contributed by atoms with Crippen LogP contribution < -0.4 is 16.4 Å². The summed E-state index contributed by atoms with van der Waals surface area (Å²) in [4.78, 5) is 22.2. The molecular formula is C14H27N3O8. The molecule has 0 bridgehead atoms. The maximum Gasteiger partial charge on any atom is 0.233 e. The lowest BCUT2D eigenvalue weighted by Crippen LogP contribution is -2.64. The van der Waals surface area contributed by atoms with Crippen LogP contribution in [0, 0.1) is 0 Å². The van der Waals surface area contributed by atoms with Crippen LogP contribution in [-0.4, -0.2) is 97.3 Å². The van der Waals surface area contributed by atoms with E-state index in [-0.39, 0.29) is 32.3 Å². The van der Waals surface area contributed by atoms with Gasteiger partial charge < -0.3 is 45.9 Å². The molecule has 5 atom stereocenters. The first-order chi connectivity index (χ1) is 11.9. The van der Waals surface area contributed by atoms with Crippen LogP contribution in [0.2, 0.25) is 0 Å². The van der Waals surface area contributed by atoms with Crippen LogP contribution in [0.25, 0.3) is 0 Å². The smallest absolute Gasteiger partial charge is 0.233 e. The fraction of sp³-hybridized carbons (Fsp3) is 0.857. The molecule has 1 aliphatic rings. The highest BCUT2D eigenvalue weighted by Gasteiger charge is 2.45. The van der Waals surface area contributed by atoms with E-state index in [4.69, 9.17) is 19.9 Å². The molecule has 1 aliphatic heterocycles. The number of carbonyl (C=O) groups excluding carboxylic acids is 2. The molecule has 0 aromatic rings. The number of ether oxygens (including phenoxy) is 3. The van der Waals surface area contributed by atoms with Gasteiger partial charge in [0.2, 0.25) is 11.8 Å². The van der Waals surface area contributed by atoms with Gasteiger partial charge in [-0.3, -0.25) is 9.59 Å². The second-order valence-electron chi connectivity index (χ2n) is 5.47. The molecule has 5 unspecified atom stereocenters. The molecular weight excluding hydrogens is 338 g/mol. The van der Waals surface area contributed by atoms with Crippen molar-refractivity contribution in [2.45, 2.75) is 37.6 Å². The SMILES string of the molecule is CC(=O)NC1C(OCCOCCNC(=O)CN)OC(CO)C(O)C1O. The summed E-state index contributed by atoms with van der Waals surface area (Å²) in [6.07, 6.45) is -4.80. The van der Waals surface area contributed by atoms with Crippen molar-refractivity contribution in [3.63, 3.8) is 0 Å². The van der Waals surface area contributed by atoms with Crippen molar-refractivity contribution in [3.05, 3.63) is 0 Å². The molecule has 2 amide bonds. The lowest BCUT2D eigenvalue weighted by molar-refractivity contribution is -0.272. The second kappa shape index (κ2) is 11.3. The van der Waals surface area contributed by atoms with E-state index in [9.17, 15) is 24.9 Å². The number of rotatable bonds is 10. The van der Waals surface area contributed by atoms with Crippen LogP contribution in [-0.2, 0) is 23.8 Å². The van der Waals surface area contributed by atoms with Gasteiger partial charge in [0.05, 0.1) is 33.0 Å². The molecule has 11 nitrogen and oxygen atoms in total. The van der Waals surface area contributed by atoms with E-state index in [0.717, 1.165) is 0 Å². The van der Waals surface area contributed by atoms with Crippen molar-refractivity contribution in [2.24, 2.45) is 5.73 Å². The monoisotopic (exact) mass is 365 g/mol. The minimum Gasteiger partial charge on any atom is -0.394 e. The van der Waals surface area contributed by atoms with Crippen LogP contribution in [0.4, 0.5) is 0 Å². The van der Waals surface area contributed by atoms with Crippen molar-refractivity contribution in [1.29, 1.82) is 0 Å². The van der Waals surface area contributed by atoms with Crippen molar-refractivity contribution < 1.29 is 39.1 Å². The van der Waals surface area contributed by atoms with E-state index in [1.54, 1.807) is 0 Å². The van der Waals surface area contributed by atoms with E-state index in [1.807, 2.05) is 0 Å². The Kier molecular flexibility index (Phi) is 9.82. The molecule has 0 saturated carbocycles. The number of hydrogen-bond acceptors (Lipinski definition) is 9. The van der Waals surface area contributed by atoms with Crippen LogP contribution >= 0.6 is 0 Å². The van der Waals surface area contributed by atoms with E-state index in [2.05, 4.69) is 10.6 Å². The van der Waals surface area contributed by atoms with E-state index in [1.165, 1.54) is 6.92 Å². The number of aliphatic hydroxyl groups excluding tert-OH is 3. The van der Waals surface area contributed by atoms with Gasteiger partial charge >= 0.3 is 0 Å². The molecule has 146 valence electrons. The molecule has 1 rings (SSSR count). The Balaban J connectivity index is 2.39. The number of carbonyl (C=O) groups is 2. The lowest BCUT2D eigenvalue weighted by atomic mass is 9.97. The van der Waals surface area contributed by atoms with E-state index in [0.29, 0.717) is 6.54 Å². The third-order valence-corrected chi connectivity index (χ3v) is 3.51. The fourth-order valence-electron chi connectivity index (χ4n) is 2.27. The van der Waals surface area contributed by atoms with Crippen LogP contribution in [0.3, 0.4) is 0 Å². The van der Waals surface area contributed by atoms with Gasteiger partial charge in [0, 0.05) is 13.5 Å². The van der Waals surface area contributed by atoms with Crippen molar-refractivity contribution in [2.75, 3.05) is 39.5 Å². The predicted octanol–water partition coefficient (Wildman–Crippen LogP) is -3.96. The quantitative estimate of drug-likeness (QED) is 0.211. The first-order valence-corrected chi connectivity index (χ1v) is 7.96. The molecule has 0 spiro atoms. The van der Waals surface area contributed by atoms with Gasteiger partial charge in [0.1, 0.15) is 24.4 Å². The zero-order valence-electron chi connectivity index (χ0n) is 14.1. The molecule has 0 aromatic carbocycles. The topological polar surface area (TPSA) is 173 Å². The Morgan fingerprint density at radius 1 is 1.20 bits per heavy atom. The molecule has 1 heterocycles. The largest absolute Gasteiger partial charge is 0.394 e. The van der Waals surface area contributed by atoms with Gasteiger partial charge in [-0.05, 0) is 0 Å². The summed E-state index contributed by atoms with van der Waals surface area (Å²) in [5.74, 6) is -0.709. The molecule has 25 heavy (non-hydrogen) atoms. The molecule has 0 aliphatic carbocycles. The Morgan fingerprint density at radius 3 is 2.52 bits per heavy atom. The third kappa shape index (κ3) is 7.20. The molecule has 0 aromatic heterocycles. The normalized spacial score (nSPS) is 29.2. The molecule has 7 N–H and O–H groups in total. The minimum absolute atomic E-state index is 0.0759. The summed E-state index contributed by atoms with van der Waals surface area (Å²) in [5, 5.41) is 34.1. The van der Waals surface area contributed by atoms with Crippen LogP contribution in [0.1, 0.15) is 6.92 Å². The second-order valence-corrected chi connectivity index (χ2v) is 5.47. The zero-order valence-corrected chi connectivity index (χ0v) is 14.1. The number of nitrogens with one attached hydrogen (secondary N) is 2. The number of nitrogens with two attached hydrogens (primary N) is 1. The lowest BCUT2D eigenvalue weighted by Gasteiger charge is -2.42. The van der Waals surface area contributed by atoms with E-state index < -0.39 is 43.2 Å². The van der Waals surface area contributed by atoms with Gasteiger partial charge in [0.15, 0.2) is 6.29 Å². The predicted molar refractivity (Wildman–Crippen MR) is 84.2 cm³/mol. The number of hydrogen-bond donors (Lipinski definition) is 6. The average Bonchev–Trinajstić information content (AvgIpc) is 2.59. The Bertz CT molecular complexity index is 425. The summed E-state index contributed by atoms with van der Waals surface area (Å²) >= 11 is 0. The maximum absolute atomic E-state index is 11.3. The van der Waals surface area contributed by atoms with Gasteiger partial charge in [-0.15, -0.1) is 0 Å².